The van der Waals surface area contributed by atoms with Gasteiger partial charge in [-0.15, -0.1) is 11.6 Å². The molecule has 16 heavy (non-hydrogen) atoms. The van der Waals surface area contributed by atoms with E-state index in [0.717, 1.165) is 4.31 Å². The van der Waals surface area contributed by atoms with Gasteiger partial charge in [-0.1, -0.05) is 6.07 Å². The molecule has 0 aromatic heterocycles. The van der Waals surface area contributed by atoms with Crippen LogP contribution in [0.2, 0.25) is 0 Å². The molecule has 5 nitrogen and oxygen atoms in total. The summed E-state index contributed by atoms with van der Waals surface area (Å²) in [6.45, 7) is 0. The van der Waals surface area contributed by atoms with Crippen molar-refractivity contribution in [2.45, 2.75) is 0 Å². The molecule has 0 unspecified atom stereocenters. The number of anilines is 1. The van der Waals surface area contributed by atoms with E-state index < -0.39 is 21.2 Å². The van der Waals surface area contributed by atoms with Crippen LogP contribution >= 0.6 is 11.6 Å². The van der Waals surface area contributed by atoms with Gasteiger partial charge in [-0.25, -0.2) is 13.2 Å². The predicted octanol–water partition coefficient (Wildman–Crippen LogP) is 1.35. The maximum absolute atomic E-state index is 11.4. The molecule has 88 valence electrons. The Kier molecular flexibility index (Phi) is 3.77. The van der Waals surface area contributed by atoms with Crippen molar-refractivity contribution in [3.05, 3.63) is 29.8 Å². The minimum atomic E-state index is -3.59. The van der Waals surface area contributed by atoms with Crippen LogP contribution in [0.3, 0.4) is 0 Å². The first-order valence-corrected chi connectivity index (χ1v) is 6.39. The molecule has 0 bridgehead atoms. The molecule has 7 heteroatoms. The molecule has 1 N–H and O–H groups in total. The van der Waals surface area contributed by atoms with E-state index in [4.69, 9.17) is 16.7 Å². The Balaban J connectivity index is 3.15. The highest BCUT2D eigenvalue weighted by Crippen LogP contribution is 2.18. The number of alkyl halides is 1. The van der Waals surface area contributed by atoms with Gasteiger partial charge in [0.2, 0.25) is 10.0 Å². The second-order valence-corrected chi connectivity index (χ2v) is 5.63. The molecule has 0 amide bonds. The van der Waals surface area contributed by atoms with E-state index in [9.17, 15) is 13.2 Å². The molecular weight excluding hydrogens is 254 g/mol. The van der Waals surface area contributed by atoms with Gasteiger partial charge in [-0.2, -0.15) is 0 Å². The maximum Gasteiger partial charge on any atom is 0.335 e. The Morgan fingerprint density at radius 1 is 1.50 bits per heavy atom. The van der Waals surface area contributed by atoms with Crippen molar-refractivity contribution in [3.63, 3.8) is 0 Å². The van der Waals surface area contributed by atoms with Gasteiger partial charge in [-0.3, -0.25) is 4.31 Å². The van der Waals surface area contributed by atoms with Crippen LogP contribution in [-0.2, 0) is 10.0 Å². The molecule has 1 aromatic rings. The van der Waals surface area contributed by atoms with Gasteiger partial charge >= 0.3 is 5.97 Å². The third-order valence-corrected chi connectivity index (χ3v) is 4.16. The minimum Gasteiger partial charge on any atom is -0.478 e. The molecule has 0 aliphatic rings. The zero-order valence-electron chi connectivity index (χ0n) is 8.42. The van der Waals surface area contributed by atoms with Gasteiger partial charge in [0.05, 0.1) is 11.3 Å². The van der Waals surface area contributed by atoms with E-state index in [1.165, 1.54) is 31.3 Å². The fourth-order valence-electron chi connectivity index (χ4n) is 1.07. The highest BCUT2D eigenvalue weighted by atomic mass is 35.5. The lowest BCUT2D eigenvalue weighted by Gasteiger charge is -2.17. The van der Waals surface area contributed by atoms with Gasteiger partial charge in [0.15, 0.2) is 0 Å². The number of hydrogen-bond acceptors (Lipinski definition) is 3. The predicted molar refractivity (Wildman–Crippen MR) is 61.4 cm³/mol. The molecule has 1 aromatic carbocycles. The lowest BCUT2D eigenvalue weighted by atomic mass is 10.2. The fourth-order valence-corrected chi connectivity index (χ4v) is 2.09. The number of carbonyl (C=O) groups is 1. The monoisotopic (exact) mass is 263 g/mol. The molecule has 1 rings (SSSR count). The summed E-state index contributed by atoms with van der Waals surface area (Å²) < 4.78 is 23.8. The van der Waals surface area contributed by atoms with Crippen LogP contribution < -0.4 is 4.31 Å². The Morgan fingerprint density at radius 3 is 2.62 bits per heavy atom. The van der Waals surface area contributed by atoms with Crippen LogP contribution in [-0.4, -0.2) is 31.8 Å². The first kappa shape index (κ1) is 12.8. The summed E-state index contributed by atoms with van der Waals surface area (Å²) in [5, 5.41) is 8.20. The summed E-state index contributed by atoms with van der Waals surface area (Å²) in [5.74, 6) is -1.11. The third-order valence-electron chi connectivity index (χ3n) is 2.01. The number of halogens is 1. The van der Waals surface area contributed by atoms with Gasteiger partial charge < -0.3 is 5.11 Å². The van der Waals surface area contributed by atoms with E-state index in [0.29, 0.717) is 0 Å². The number of hydrogen-bond donors (Lipinski definition) is 1. The first-order chi connectivity index (χ1) is 7.38. The van der Waals surface area contributed by atoms with Crippen molar-refractivity contribution < 1.29 is 18.3 Å². The number of carboxylic acid groups (broad SMARTS) is 1. The smallest absolute Gasteiger partial charge is 0.335 e. The van der Waals surface area contributed by atoms with Gasteiger partial charge in [0, 0.05) is 7.05 Å². The molecule has 0 aliphatic heterocycles. The van der Waals surface area contributed by atoms with Crippen molar-refractivity contribution in [2.75, 3.05) is 16.6 Å². The van der Waals surface area contributed by atoms with E-state index >= 15 is 0 Å². The van der Waals surface area contributed by atoms with Crippen molar-refractivity contribution in [3.8, 4) is 0 Å². The molecular formula is C9H10ClNO4S. The SMILES string of the molecule is CN(c1cccc(C(=O)O)c1)S(=O)(=O)CCl. The quantitative estimate of drug-likeness (QED) is 0.832. The van der Waals surface area contributed by atoms with Crippen LogP contribution in [0.15, 0.2) is 24.3 Å². The Bertz CT molecular complexity index is 500. The minimum absolute atomic E-state index is 0.0223. The summed E-state index contributed by atoms with van der Waals surface area (Å²) in [6, 6.07) is 5.62. The summed E-state index contributed by atoms with van der Waals surface area (Å²) in [5.41, 5.74) is 0.287. The Hall–Kier alpha value is -1.27. The number of aromatic carboxylic acids is 1. The number of rotatable bonds is 4. The number of sulfonamides is 1. The zero-order chi connectivity index (χ0) is 12.3. The molecule has 0 aliphatic carbocycles. The van der Waals surface area contributed by atoms with Crippen LogP contribution in [0.5, 0.6) is 0 Å². The number of benzene rings is 1. The average molecular weight is 264 g/mol. The van der Waals surface area contributed by atoms with Crippen LogP contribution in [0.1, 0.15) is 10.4 Å². The summed E-state index contributed by atoms with van der Waals surface area (Å²) in [6.07, 6.45) is 0. The van der Waals surface area contributed by atoms with E-state index in [2.05, 4.69) is 0 Å². The standard InChI is InChI=1S/C9H10ClNO4S/c1-11(16(14,15)6-10)8-4-2-3-7(5-8)9(12)13/h2-5H,6H2,1H3,(H,12,13). The second kappa shape index (κ2) is 4.71. The van der Waals surface area contributed by atoms with Gasteiger partial charge in [0.1, 0.15) is 5.21 Å². The fraction of sp³-hybridized carbons (Fsp3) is 0.222. The Morgan fingerprint density at radius 2 is 2.12 bits per heavy atom. The lowest BCUT2D eigenvalue weighted by molar-refractivity contribution is 0.0697. The normalized spacial score (nSPS) is 11.1. The van der Waals surface area contributed by atoms with Crippen molar-refractivity contribution in [1.82, 2.24) is 0 Å². The number of nitrogens with zero attached hydrogens (tertiary/aromatic N) is 1. The molecule has 0 heterocycles. The molecule has 0 atom stereocenters. The molecule has 0 radical (unpaired) electrons. The number of carboxylic acids is 1. The highest BCUT2D eigenvalue weighted by Gasteiger charge is 2.17. The van der Waals surface area contributed by atoms with Crippen molar-refractivity contribution >= 4 is 33.3 Å². The summed E-state index contributed by atoms with van der Waals surface area (Å²) >= 11 is 5.29. The van der Waals surface area contributed by atoms with Gasteiger partial charge in [0.25, 0.3) is 0 Å². The topological polar surface area (TPSA) is 74.7 Å². The molecule has 0 fully saturated rings. The average Bonchev–Trinajstić information content (AvgIpc) is 2.28. The first-order valence-electron chi connectivity index (χ1n) is 4.24. The Labute approximate surface area is 98.3 Å². The van der Waals surface area contributed by atoms with Gasteiger partial charge in [-0.05, 0) is 18.2 Å². The molecule has 0 saturated carbocycles. The van der Waals surface area contributed by atoms with Crippen LogP contribution in [0.25, 0.3) is 0 Å². The summed E-state index contributed by atoms with van der Waals surface area (Å²) in [7, 11) is -2.27. The highest BCUT2D eigenvalue weighted by molar-refractivity contribution is 7.93. The third kappa shape index (κ3) is 2.65. The maximum atomic E-state index is 11.4. The molecule has 0 spiro atoms. The molecule has 0 saturated heterocycles. The summed E-state index contributed by atoms with van der Waals surface area (Å²) in [4.78, 5) is 10.7. The lowest BCUT2D eigenvalue weighted by Crippen LogP contribution is -2.27. The van der Waals surface area contributed by atoms with Crippen molar-refractivity contribution in [2.24, 2.45) is 0 Å². The van der Waals surface area contributed by atoms with Crippen LogP contribution in [0, 0.1) is 0 Å². The second-order valence-electron chi connectivity index (χ2n) is 3.04. The van der Waals surface area contributed by atoms with Crippen LogP contribution in [0.4, 0.5) is 5.69 Å². The van der Waals surface area contributed by atoms with Crippen molar-refractivity contribution in [1.29, 1.82) is 0 Å². The largest absolute Gasteiger partial charge is 0.478 e. The zero-order valence-corrected chi connectivity index (χ0v) is 9.99. The van der Waals surface area contributed by atoms with E-state index in [-0.39, 0.29) is 11.3 Å². The van der Waals surface area contributed by atoms with E-state index in [1.54, 1.807) is 0 Å². The van der Waals surface area contributed by atoms with E-state index in [1.807, 2.05) is 0 Å².